The summed E-state index contributed by atoms with van der Waals surface area (Å²) in [5, 5.41) is 3.43. The third kappa shape index (κ3) is 3.95. The maximum absolute atomic E-state index is 12.6. The van der Waals surface area contributed by atoms with Gasteiger partial charge in [0.15, 0.2) is 0 Å². The first-order chi connectivity index (χ1) is 12.4. The molecule has 0 bridgehead atoms. The van der Waals surface area contributed by atoms with E-state index in [1.165, 1.54) is 18.2 Å². The van der Waals surface area contributed by atoms with E-state index >= 15 is 0 Å². The molecule has 26 heavy (non-hydrogen) atoms. The Kier molecular flexibility index (Phi) is 5.70. The zero-order chi connectivity index (χ0) is 18.8. The van der Waals surface area contributed by atoms with Crippen LogP contribution >= 0.6 is 23.2 Å². The minimum atomic E-state index is -0.712. The van der Waals surface area contributed by atoms with Gasteiger partial charge in [0.1, 0.15) is 6.54 Å². The number of nitrogens with zero attached hydrogens (tertiary/aromatic N) is 2. The molecule has 1 aliphatic heterocycles. The van der Waals surface area contributed by atoms with Gasteiger partial charge in [0.05, 0.1) is 11.8 Å². The van der Waals surface area contributed by atoms with Gasteiger partial charge < -0.3 is 10.1 Å². The molecule has 1 heterocycles. The Balaban J connectivity index is 1.67. The first-order valence-corrected chi connectivity index (χ1v) is 9.08. The van der Waals surface area contributed by atoms with Crippen LogP contribution in [0, 0.1) is 0 Å². The van der Waals surface area contributed by atoms with Crippen molar-refractivity contribution in [3.63, 3.8) is 0 Å². The maximum atomic E-state index is 12.6. The van der Waals surface area contributed by atoms with E-state index < -0.39 is 18.0 Å². The number of amides is 5. The second-order valence-corrected chi connectivity index (χ2v) is 7.26. The molecule has 1 saturated heterocycles. The number of halogens is 2. The maximum Gasteiger partial charge on any atom is 0.340 e. The van der Waals surface area contributed by atoms with Crippen molar-refractivity contribution in [1.82, 2.24) is 10.2 Å². The lowest BCUT2D eigenvalue weighted by Gasteiger charge is -2.29. The lowest BCUT2D eigenvalue weighted by Crippen LogP contribution is -2.48. The van der Waals surface area contributed by atoms with Gasteiger partial charge in [0, 0.05) is 23.2 Å². The van der Waals surface area contributed by atoms with Gasteiger partial charge >= 0.3 is 12.1 Å². The zero-order valence-electron chi connectivity index (χ0n) is 14.2. The lowest BCUT2D eigenvalue weighted by atomic mass is 9.93. The van der Waals surface area contributed by atoms with Gasteiger partial charge in [-0.05, 0) is 43.9 Å². The smallest absolute Gasteiger partial charge is 0.340 e. The Labute approximate surface area is 161 Å². The van der Waals surface area contributed by atoms with E-state index in [0.29, 0.717) is 10.0 Å². The predicted molar refractivity (Wildman–Crippen MR) is 97.6 cm³/mol. The van der Waals surface area contributed by atoms with Crippen LogP contribution in [0.25, 0.3) is 0 Å². The van der Waals surface area contributed by atoms with Crippen LogP contribution in [-0.2, 0) is 9.53 Å². The highest BCUT2D eigenvalue weighted by Gasteiger charge is 2.41. The summed E-state index contributed by atoms with van der Waals surface area (Å²) in [5.74, 6) is -0.508. The molecule has 5 amide bonds. The highest BCUT2D eigenvalue weighted by atomic mass is 35.5. The fourth-order valence-electron chi connectivity index (χ4n) is 3.28. The van der Waals surface area contributed by atoms with Crippen LogP contribution in [-0.4, -0.2) is 48.7 Å². The Bertz CT molecular complexity index is 714. The van der Waals surface area contributed by atoms with Gasteiger partial charge in [0.2, 0.25) is 0 Å². The summed E-state index contributed by atoms with van der Waals surface area (Å²) in [6.07, 6.45) is 3.45. The van der Waals surface area contributed by atoms with Gasteiger partial charge in [-0.25, -0.2) is 19.4 Å². The van der Waals surface area contributed by atoms with Gasteiger partial charge in [-0.3, -0.25) is 4.79 Å². The summed E-state index contributed by atoms with van der Waals surface area (Å²) in [5.41, 5.74) is 0.244. The Hall–Kier alpha value is -1.83. The molecule has 7 nitrogen and oxygen atoms in total. The number of methoxy groups -OCH3 is 1. The molecule has 0 aromatic heterocycles. The first-order valence-electron chi connectivity index (χ1n) is 8.33. The zero-order valence-corrected chi connectivity index (χ0v) is 15.7. The second kappa shape index (κ2) is 7.82. The van der Waals surface area contributed by atoms with Crippen LogP contribution < -0.4 is 10.2 Å². The molecule has 0 unspecified atom stereocenters. The molecule has 1 aromatic carbocycles. The SMILES string of the molecule is COC1CCC(NC(=O)N2CC(=O)N(c3cc(Cl)cc(Cl)c3)C2=O)CC1. The Morgan fingerprint density at radius 3 is 2.31 bits per heavy atom. The lowest BCUT2D eigenvalue weighted by molar-refractivity contribution is -0.116. The number of benzene rings is 1. The third-order valence-electron chi connectivity index (χ3n) is 4.65. The van der Waals surface area contributed by atoms with E-state index in [4.69, 9.17) is 27.9 Å². The molecule has 9 heteroatoms. The van der Waals surface area contributed by atoms with Crippen molar-refractivity contribution < 1.29 is 19.1 Å². The minimum absolute atomic E-state index is 0.0357. The summed E-state index contributed by atoms with van der Waals surface area (Å²) < 4.78 is 5.31. The third-order valence-corrected chi connectivity index (χ3v) is 5.09. The summed E-state index contributed by atoms with van der Waals surface area (Å²) in [4.78, 5) is 39.1. The molecule has 2 aliphatic rings. The fraction of sp³-hybridized carbons (Fsp3) is 0.471. The number of carbonyl (C=O) groups is 3. The second-order valence-electron chi connectivity index (χ2n) is 6.38. The number of hydrogen-bond acceptors (Lipinski definition) is 4. The minimum Gasteiger partial charge on any atom is -0.381 e. The number of rotatable bonds is 3. The van der Waals surface area contributed by atoms with Crippen LogP contribution in [0.1, 0.15) is 25.7 Å². The normalized spacial score (nSPS) is 23.5. The molecule has 0 atom stereocenters. The van der Waals surface area contributed by atoms with Crippen LogP contribution in [0.5, 0.6) is 0 Å². The van der Waals surface area contributed by atoms with Gasteiger partial charge in [0.25, 0.3) is 5.91 Å². The number of carbonyl (C=O) groups excluding carboxylic acids is 3. The molecule has 2 fully saturated rings. The molecular weight excluding hydrogens is 381 g/mol. The molecule has 1 saturated carbocycles. The monoisotopic (exact) mass is 399 g/mol. The van der Waals surface area contributed by atoms with E-state index in [0.717, 1.165) is 35.5 Å². The average Bonchev–Trinajstić information content (AvgIpc) is 2.89. The van der Waals surface area contributed by atoms with Crippen molar-refractivity contribution in [2.45, 2.75) is 37.8 Å². The van der Waals surface area contributed by atoms with E-state index in [2.05, 4.69) is 5.32 Å². The number of ether oxygens (including phenoxy) is 1. The molecule has 1 aliphatic carbocycles. The summed E-state index contributed by atoms with van der Waals surface area (Å²) in [7, 11) is 1.68. The Morgan fingerprint density at radius 1 is 1.12 bits per heavy atom. The van der Waals surface area contributed by atoms with Crippen LogP contribution in [0.15, 0.2) is 18.2 Å². The standard InChI is InChI=1S/C17H19Cl2N3O4/c1-26-14-4-2-12(3-5-14)20-16(24)21-9-15(23)22(17(21)25)13-7-10(18)6-11(19)8-13/h6-8,12,14H,2-5,9H2,1H3,(H,20,24). The first kappa shape index (κ1) is 18.9. The fourth-order valence-corrected chi connectivity index (χ4v) is 3.79. The van der Waals surface area contributed by atoms with E-state index in [9.17, 15) is 14.4 Å². The quantitative estimate of drug-likeness (QED) is 0.789. The van der Waals surface area contributed by atoms with Crippen molar-refractivity contribution in [3.05, 3.63) is 28.2 Å². The van der Waals surface area contributed by atoms with Crippen LogP contribution in [0.2, 0.25) is 10.0 Å². The van der Waals surface area contributed by atoms with Crippen molar-refractivity contribution in [1.29, 1.82) is 0 Å². The number of urea groups is 2. The highest BCUT2D eigenvalue weighted by Crippen LogP contribution is 2.29. The summed E-state index contributed by atoms with van der Waals surface area (Å²) in [6, 6.07) is 3.09. The van der Waals surface area contributed by atoms with Crippen molar-refractivity contribution in [3.8, 4) is 0 Å². The van der Waals surface area contributed by atoms with Crippen LogP contribution in [0.3, 0.4) is 0 Å². The molecular formula is C17H19Cl2N3O4. The summed E-state index contributed by atoms with van der Waals surface area (Å²) >= 11 is 11.9. The predicted octanol–water partition coefficient (Wildman–Crippen LogP) is 3.43. The number of hydrogen-bond donors (Lipinski definition) is 1. The number of imide groups is 2. The molecule has 140 valence electrons. The van der Waals surface area contributed by atoms with Crippen molar-refractivity contribution >= 4 is 46.9 Å². The largest absolute Gasteiger partial charge is 0.381 e. The van der Waals surface area contributed by atoms with Gasteiger partial charge in [-0.1, -0.05) is 23.2 Å². The van der Waals surface area contributed by atoms with Crippen LogP contribution in [0.4, 0.5) is 15.3 Å². The molecule has 1 N–H and O–H groups in total. The Morgan fingerprint density at radius 2 is 1.73 bits per heavy atom. The van der Waals surface area contributed by atoms with Gasteiger partial charge in [-0.2, -0.15) is 0 Å². The van der Waals surface area contributed by atoms with Gasteiger partial charge in [-0.15, -0.1) is 0 Å². The molecule has 1 aromatic rings. The molecule has 3 rings (SSSR count). The topological polar surface area (TPSA) is 79.0 Å². The van der Waals surface area contributed by atoms with Crippen molar-refractivity contribution in [2.24, 2.45) is 0 Å². The molecule has 0 spiro atoms. The average molecular weight is 400 g/mol. The van der Waals surface area contributed by atoms with E-state index in [1.807, 2.05) is 0 Å². The summed E-state index contributed by atoms with van der Waals surface area (Å²) in [6.45, 7) is -0.317. The van der Waals surface area contributed by atoms with Crippen molar-refractivity contribution in [2.75, 3.05) is 18.6 Å². The molecule has 0 radical (unpaired) electrons. The number of nitrogens with one attached hydrogen (secondary N) is 1. The number of anilines is 1. The van der Waals surface area contributed by atoms with E-state index in [-0.39, 0.29) is 24.4 Å². The van der Waals surface area contributed by atoms with E-state index in [1.54, 1.807) is 7.11 Å². The highest BCUT2D eigenvalue weighted by molar-refractivity contribution is 6.35.